The zero-order valence-electron chi connectivity index (χ0n) is 9.81. The van der Waals surface area contributed by atoms with Crippen molar-refractivity contribution in [2.45, 2.75) is 30.5 Å². The number of pyridine rings is 1. The highest BCUT2D eigenvalue weighted by Crippen LogP contribution is 2.20. The minimum atomic E-state index is -0.226. The molecule has 92 valence electrons. The second-order valence-corrected chi connectivity index (χ2v) is 5.02. The smallest absolute Gasteiger partial charge is 0.316 e. The van der Waals surface area contributed by atoms with Crippen molar-refractivity contribution in [1.29, 1.82) is 0 Å². The van der Waals surface area contributed by atoms with Crippen molar-refractivity contribution in [3.05, 3.63) is 23.9 Å². The van der Waals surface area contributed by atoms with Crippen molar-refractivity contribution in [1.82, 2.24) is 10.3 Å². The van der Waals surface area contributed by atoms with Crippen LogP contribution in [0, 0.1) is 0 Å². The number of esters is 1. The Hall–Kier alpha value is -1.07. The van der Waals surface area contributed by atoms with E-state index in [1.807, 2.05) is 18.3 Å². The summed E-state index contributed by atoms with van der Waals surface area (Å²) in [4.78, 5) is 15.3. The molecule has 1 aliphatic carbocycles. The molecule has 1 aromatic rings. The van der Waals surface area contributed by atoms with Gasteiger partial charge in [-0.1, -0.05) is 17.8 Å². The zero-order chi connectivity index (χ0) is 12.1. The highest BCUT2D eigenvalue weighted by Gasteiger charge is 2.19. The molecule has 1 saturated carbocycles. The number of ether oxygens (including phenoxy) is 1. The van der Waals surface area contributed by atoms with Gasteiger partial charge in [-0.3, -0.25) is 4.79 Å². The lowest BCUT2D eigenvalue weighted by Crippen LogP contribution is -2.15. The van der Waals surface area contributed by atoms with Crippen LogP contribution < -0.4 is 5.32 Å². The Bertz CT molecular complexity index is 377. The van der Waals surface area contributed by atoms with E-state index >= 15 is 0 Å². The summed E-state index contributed by atoms with van der Waals surface area (Å²) < 4.78 is 4.57. The molecule has 2 rings (SSSR count). The van der Waals surface area contributed by atoms with E-state index in [9.17, 15) is 4.79 Å². The fourth-order valence-corrected chi connectivity index (χ4v) is 2.02. The van der Waals surface area contributed by atoms with Gasteiger partial charge in [0.15, 0.2) is 0 Å². The third-order valence-electron chi connectivity index (χ3n) is 2.54. The van der Waals surface area contributed by atoms with Crippen LogP contribution in [0.25, 0.3) is 0 Å². The number of thioether (sulfide) groups is 1. The fraction of sp³-hybridized carbons (Fsp3) is 0.500. The van der Waals surface area contributed by atoms with Gasteiger partial charge in [-0.25, -0.2) is 4.98 Å². The maximum Gasteiger partial charge on any atom is 0.316 e. The van der Waals surface area contributed by atoms with Gasteiger partial charge in [-0.2, -0.15) is 0 Å². The fourth-order valence-electron chi connectivity index (χ4n) is 1.34. The van der Waals surface area contributed by atoms with E-state index in [1.165, 1.54) is 37.3 Å². The molecular formula is C12H16N2O2S. The molecule has 0 aromatic carbocycles. The molecule has 1 N–H and O–H groups in total. The molecule has 4 nitrogen and oxygen atoms in total. The summed E-state index contributed by atoms with van der Waals surface area (Å²) in [5.41, 5.74) is 1.18. The molecule has 0 amide bonds. The molecular weight excluding hydrogens is 236 g/mol. The average molecular weight is 252 g/mol. The predicted octanol–water partition coefficient (Wildman–Crippen LogP) is 1.60. The van der Waals surface area contributed by atoms with E-state index in [4.69, 9.17) is 0 Å². The maximum atomic E-state index is 11.0. The first kappa shape index (κ1) is 12.4. The number of hydrogen-bond donors (Lipinski definition) is 1. The van der Waals surface area contributed by atoms with Crippen LogP contribution in [0.2, 0.25) is 0 Å². The van der Waals surface area contributed by atoms with Crippen LogP contribution >= 0.6 is 11.8 Å². The van der Waals surface area contributed by atoms with Crippen molar-refractivity contribution in [3.63, 3.8) is 0 Å². The van der Waals surface area contributed by atoms with E-state index in [2.05, 4.69) is 15.0 Å². The number of carbonyl (C=O) groups is 1. The van der Waals surface area contributed by atoms with Gasteiger partial charge in [0.25, 0.3) is 0 Å². The molecule has 1 aromatic heterocycles. The first-order chi connectivity index (χ1) is 8.28. The quantitative estimate of drug-likeness (QED) is 0.615. The molecule has 0 unspecified atom stereocenters. The van der Waals surface area contributed by atoms with Crippen LogP contribution in [0.3, 0.4) is 0 Å². The molecule has 5 heteroatoms. The lowest BCUT2D eigenvalue weighted by atomic mass is 10.3. The second kappa shape index (κ2) is 6.02. The third-order valence-corrected chi connectivity index (χ3v) is 3.45. The Morgan fingerprint density at radius 1 is 1.59 bits per heavy atom. The normalized spacial score (nSPS) is 14.6. The molecule has 0 radical (unpaired) electrons. The van der Waals surface area contributed by atoms with Gasteiger partial charge in [-0.05, 0) is 24.5 Å². The summed E-state index contributed by atoms with van der Waals surface area (Å²) in [5.74, 6) is 0.0830. The Kier molecular flexibility index (Phi) is 4.39. The predicted molar refractivity (Wildman–Crippen MR) is 66.8 cm³/mol. The summed E-state index contributed by atoms with van der Waals surface area (Å²) in [7, 11) is 1.39. The number of aromatic nitrogens is 1. The first-order valence-electron chi connectivity index (χ1n) is 5.66. The van der Waals surface area contributed by atoms with Gasteiger partial charge in [-0.15, -0.1) is 0 Å². The molecule has 0 aliphatic heterocycles. The van der Waals surface area contributed by atoms with Crippen LogP contribution in [-0.4, -0.2) is 29.9 Å². The average Bonchev–Trinajstić information content (AvgIpc) is 3.18. The molecule has 1 heterocycles. The zero-order valence-corrected chi connectivity index (χ0v) is 10.6. The highest BCUT2D eigenvalue weighted by atomic mass is 32.2. The number of nitrogens with one attached hydrogen (secondary N) is 1. The van der Waals surface area contributed by atoms with E-state index < -0.39 is 0 Å². The van der Waals surface area contributed by atoms with Crippen molar-refractivity contribution >= 4 is 17.7 Å². The number of carbonyl (C=O) groups excluding carboxylic acids is 1. The van der Waals surface area contributed by atoms with Gasteiger partial charge >= 0.3 is 5.97 Å². The Morgan fingerprint density at radius 2 is 2.41 bits per heavy atom. The Morgan fingerprint density at radius 3 is 3.00 bits per heavy atom. The Balaban J connectivity index is 1.77. The molecule has 17 heavy (non-hydrogen) atoms. The lowest BCUT2D eigenvalue weighted by molar-refractivity contribution is -0.137. The molecule has 0 spiro atoms. The SMILES string of the molecule is COC(=O)CSc1ccc(CNC2CC2)cn1. The second-order valence-electron chi connectivity index (χ2n) is 4.02. The van der Waals surface area contributed by atoms with Crippen molar-refractivity contribution in [2.24, 2.45) is 0 Å². The Labute approximate surface area is 105 Å². The standard InChI is InChI=1S/C12H16N2O2S/c1-16-12(15)8-17-11-5-2-9(7-14-11)6-13-10-3-4-10/h2,5,7,10,13H,3-4,6,8H2,1H3. The van der Waals surface area contributed by atoms with Crippen molar-refractivity contribution in [3.8, 4) is 0 Å². The van der Waals surface area contributed by atoms with Gasteiger partial charge in [0, 0.05) is 18.8 Å². The van der Waals surface area contributed by atoms with Crippen molar-refractivity contribution in [2.75, 3.05) is 12.9 Å². The summed E-state index contributed by atoms with van der Waals surface area (Å²) in [5, 5.41) is 4.28. The van der Waals surface area contributed by atoms with Crippen LogP contribution in [0.4, 0.5) is 0 Å². The van der Waals surface area contributed by atoms with Crippen LogP contribution in [0.15, 0.2) is 23.4 Å². The maximum absolute atomic E-state index is 11.0. The van der Waals surface area contributed by atoms with E-state index in [-0.39, 0.29) is 5.97 Å². The molecule has 1 aliphatic rings. The van der Waals surface area contributed by atoms with Crippen LogP contribution in [0.5, 0.6) is 0 Å². The van der Waals surface area contributed by atoms with Gasteiger partial charge < -0.3 is 10.1 Å². The molecule has 0 saturated heterocycles. The van der Waals surface area contributed by atoms with Crippen molar-refractivity contribution < 1.29 is 9.53 Å². The number of nitrogens with zero attached hydrogens (tertiary/aromatic N) is 1. The molecule has 0 bridgehead atoms. The lowest BCUT2D eigenvalue weighted by Gasteiger charge is -2.04. The minimum Gasteiger partial charge on any atom is -0.468 e. The number of methoxy groups -OCH3 is 1. The summed E-state index contributed by atoms with van der Waals surface area (Å²) in [6.07, 6.45) is 4.44. The van der Waals surface area contributed by atoms with E-state index in [0.29, 0.717) is 11.8 Å². The van der Waals surface area contributed by atoms with E-state index in [1.54, 1.807) is 0 Å². The number of rotatable bonds is 6. The summed E-state index contributed by atoms with van der Waals surface area (Å²) >= 11 is 1.39. The first-order valence-corrected chi connectivity index (χ1v) is 6.64. The van der Waals surface area contributed by atoms with Gasteiger partial charge in [0.1, 0.15) is 0 Å². The molecule has 1 fully saturated rings. The minimum absolute atomic E-state index is 0.226. The highest BCUT2D eigenvalue weighted by molar-refractivity contribution is 7.99. The van der Waals surface area contributed by atoms with Crippen LogP contribution in [0.1, 0.15) is 18.4 Å². The summed E-state index contributed by atoms with van der Waals surface area (Å²) in [6, 6.07) is 4.70. The van der Waals surface area contributed by atoms with Gasteiger partial charge in [0.05, 0.1) is 17.9 Å². The topological polar surface area (TPSA) is 51.2 Å². The third kappa shape index (κ3) is 4.36. The van der Waals surface area contributed by atoms with Gasteiger partial charge in [0.2, 0.25) is 0 Å². The number of hydrogen-bond acceptors (Lipinski definition) is 5. The molecule has 0 atom stereocenters. The monoisotopic (exact) mass is 252 g/mol. The summed E-state index contributed by atoms with van der Waals surface area (Å²) in [6.45, 7) is 0.875. The van der Waals surface area contributed by atoms with E-state index in [0.717, 1.165) is 11.6 Å². The largest absolute Gasteiger partial charge is 0.468 e. The van der Waals surface area contributed by atoms with Crippen LogP contribution in [-0.2, 0) is 16.1 Å².